The van der Waals surface area contributed by atoms with Gasteiger partial charge in [0, 0.05) is 13.1 Å². The number of morpholine rings is 1. The molecule has 0 aliphatic carbocycles. The fourth-order valence-electron chi connectivity index (χ4n) is 2.62. The zero-order chi connectivity index (χ0) is 19.2. The summed E-state index contributed by atoms with van der Waals surface area (Å²) >= 11 is 0. The van der Waals surface area contributed by atoms with E-state index in [0.717, 1.165) is 12.7 Å². The van der Waals surface area contributed by atoms with Crippen LogP contribution in [0.15, 0.2) is 24.3 Å². The lowest BCUT2D eigenvalue weighted by molar-refractivity contribution is -0.137. The Hall–Kier alpha value is -1.68. The molecule has 1 aliphatic rings. The Bertz CT molecular complexity index is 738. The van der Waals surface area contributed by atoms with Crippen molar-refractivity contribution in [2.24, 2.45) is 0 Å². The third-order valence-electron chi connectivity index (χ3n) is 4.04. The Morgan fingerprint density at radius 3 is 2.48 bits per heavy atom. The van der Waals surface area contributed by atoms with E-state index in [1.165, 1.54) is 0 Å². The fourth-order valence-corrected chi connectivity index (χ4v) is 3.90. The molecular weight excluding hydrogens is 396 g/mol. The zero-order valence-corrected chi connectivity index (χ0v) is 16.9. The summed E-state index contributed by atoms with van der Waals surface area (Å²) in [6, 6.07) is 6.45. The number of hydrogen-bond acceptors (Lipinski definition) is 7. The number of methoxy groups -OCH3 is 1. The van der Waals surface area contributed by atoms with Crippen LogP contribution in [0.1, 0.15) is 18.1 Å². The molecule has 1 aromatic rings. The molecule has 0 saturated carbocycles. The SMILES string of the molecule is COC(=O)CS(=O)(=O)Cc1ccc(CNC(=O)[C@H]2NCCO[C@@H]2C)cc1.Cl. The molecular formula is C17H25ClN2O6S. The molecule has 0 spiro atoms. The van der Waals surface area contributed by atoms with Crippen LogP contribution < -0.4 is 10.6 Å². The van der Waals surface area contributed by atoms with Crippen molar-refractivity contribution >= 4 is 34.1 Å². The molecule has 1 fully saturated rings. The molecule has 2 rings (SSSR count). The van der Waals surface area contributed by atoms with Crippen LogP contribution in [0.4, 0.5) is 0 Å². The number of carbonyl (C=O) groups is 2. The Labute approximate surface area is 165 Å². The third-order valence-corrected chi connectivity index (χ3v) is 5.49. The monoisotopic (exact) mass is 420 g/mol. The molecule has 27 heavy (non-hydrogen) atoms. The smallest absolute Gasteiger partial charge is 0.320 e. The molecule has 1 aliphatic heterocycles. The van der Waals surface area contributed by atoms with Crippen molar-refractivity contribution < 1.29 is 27.5 Å². The topological polar surface area (TPSA) is 111 Å². The van der Waals surface area contributed by atoms with Gasteiger partial charge in [-0.05, 0) is 18.1 Å². The minimum atomic E-state index is -3.57. The summed E-state index contributed by atoms with van der Waals surface area (Å²) in [5.74, 6) is -1.80. The predicted octanol–water partition coefficient (Wildman–Crippen LogP) is 0.189. The van der Waals surface area contributed by atoms with Gasteiger partial charge in [-0.15, -0.1) is 12.4 Å². The summed E-state index contributed by atoms with van der Waals surface area (Å²) in [7, 11) is -2.42. The first-order valence-corrected chi connectivity index (χ1v) is 10.1. The van der Waals surface area contributed by atoms with Gasteiger partial charge in [-0.3, -0.25) is 9.59 Å². The van der Waals surface area contributed by atoms with Crippen molar-refractivity contribution in [1.29, 1.82) is 0 Å². The maximum absolute atomic E-state index is 12.2. The van der Waals surface area contributed by atoms with E-state index in [9.17, 15) is 18.0 Å². The number of hydrogen-bond donors (Lipinski definition) is 2. The summed E-state index contributed by atoms with van der Waals surface area (Å²) in [5.41, 5.74) is 1.41. The van der Waals surface area contributed by atoms with E-state index in [1.807, 2.05) is 6.92 Å². The second-order valence-electron chi connectivity index (χ2n) is 6.15. The summed E-state index contributed by atoms with van der Waals surface area (Å²) in [5, 5.41) is 5.96. The molecule has 2 N–H and O–H groups in total. The minimum Gasteiger partial charge on any atom is -0.468 e. The van der Waals surface area contributed by atoms with Crippen LogP contribution in [0.2, 0.25) is 0 Å². The second kappa shape index (κ2) is 10.6. The van der Waals surface area contributed by atoms with Crippen LogP contribution >= 0.6 is 12.4 Å². The first-order valence-electron chi connectivity index (χ1n) is 8.28. The Morgan fingerprint density at radius 2 is 1.89 bits per heavy atom. The first kappa shape index (κ1) is 23.4. The minimum absolute atomic E-state index is 0. The average Bonchev–Trinajstić information content (AvgIpc) is 2.60. The standard InChI is InChI=1S/C17H24N2O6S.ClH/c1-12-16(18-7-8-25-12)17(21)19-9-13-3-5-14(6-4-13)10-26(22,23)11-15(20)24-2;/h3-6,12,16,18H,7-11H2,1-2H3,(H,19,21);1H/t12-,16+;/m1./s1. The number of nitrogens with one attached hydrogen (secondary N) is 2. The van der Waals surface area contributed by atoms with Gasteiger partial charge in [-0.2, -0.15) is 0 Å². The van der Waals surface area contributed by atoms with Gasteiger partial charge >= 0.3 is 5.97 Å². The van der Waals surface area contributed by atoms with Crippen molar-refractivity contribution in [2.45, 2.75) is 31.4 Å². The van der Waals surface area contributed by atoms with E-state index in [4.69, 9.17) is 4.74 Å². The number of rotatable bonds is 7. The number of halogens is 1. The fraction of sp³-hybridized carbons (Fsp3) is 0.529. The largest absolute Gasteiger partial charge is 0.468 e. The van der Waals surface area contributed by atoms with Crippen LogP contribution in [0.5, 0.6) is 0 Å². The van der Waals surface area contributed by atoms with E-state index in [2.05, 4.69) is 15.4 Å². The Morgan fingerprint density at radius 1 is 1.26 bits per heavy atom. The molecule has 2 atom stereocenters. The summed E-state index contributed by atoms with van der Waals surface area (Å²) in [4.78, 5) is 23.3. The quantitative estimate of drug-likeness (QED) is 0.605. The summed E-state index contributed by atoms with van der Waals surface area (Å²) in [6.45, 7) is 3.40. The zero-order valence-electron chi connectivity index (χ0n) is 15.3. The van der Waals surface area contributed by atoms with Crippen molar-refractivity contribution in [3.8, 4) is 0 Å². The van der Waals surface area contributed by atoms with Crippen LogP contribution in [-0.4, -0.2) is 58.5 Å². The maximum Gasteiger partial charge on any atom is 0.320 e. The molecule has 8 nitrogen and oxygen atoms in total. The van der Waals surface area contributed by atoms with E-state index < -0.39 is 21.6 Å². The van der Waals surface area contributed by atoms with Crippen molar-refractivity contribution in [3.63, 3.8) is 0 Å². The molecule has 10 heteroatoms. The van der Waals surface area contributed by atoms with Gasteiger partial charge in [0.1, 0.15) is 11.8 Å². The van der Waals surface area contributed by atoms with Crippen LogP contribution in [0.25, 0.3) is 0 Å². The van der Waals surface area contributed by atoms with Gasteiger partial charge < -0.3 is 20.1 Å². The van der Waals surface area contributed by atoms with Crippen LogP contribution in [0, 0.1) is 0 Å². The van der Waals surface area contributed by atoms with E-state index in [-0.39, 0.29) is 36.2 Å². The molecule has 0 radical (unpaired) electrons. The maximum atomic E-state index is 12.2. The van der Waals surface area contributed by atoms with E-state index in [1.54, 1.807) is 24.3 Å². The number of amides is 1. The van der Waals surface area contributed by atoms with E-state index in [0.29, 0.717) is 25.3 Å². The Balaban J connectivity index is 0.00000364. The lowest BCUT2D eigenvalue weighted by Gasteiger charge is -2.29. The predicted molar refractivity (Wildman–Crippen MR) is 102 cm³/mol. The van der Waals surface area contributed by atoms with Gasteiger partial charge in [0.25, 0.3) is 0 Å². The summed E-state index contributed by atoms with van der Waals surface area (Å²) in [6.07, 6.45) is -0.189. The molecule has 0 aromatic heterocycles. The third kappa shape index (κ3) is 7.45. The van der Waals surface area contributed by atoms with Gasteiger partial charge in [-0.1, -0.05) is 24.3 Å². The molecule has 1 amide bonds. The highest BCUT2D eigenvalue weighted by atomic mass is 35.5. The van der Waals surface area contributed by atoms with Crippen molar-refractivity contribution in [2.75, 3.05) is 26.0 Å². The first-order chi connectivity index (χ1) is 12.3. The van der Waals surface area contributed by atoms with Gasteiger partial charge in [0.2, 0.25) is 5.91 Å². The van der Waals surface area contributed by atoms with Gasteiger partial charge in [0.05, 0.1) is 25.6 Å². The molecule has 0 bridgehead atoms. The second-order valence-corrected chi connectivity index (χ2v) is 8.21. The lowest BCUT2D eigenvalue weighted by Crippen LogP contribution is -2.55. The molecule has 152 valence electrons. The number of benzene rings is 1. The van der Waals surface area contributed by atoms with Gasteiger partial charge in [-0.25, -0.2) is 8.42 Å². The highest BCUT2D eigenvalue weighted by Crippen LogP contribution is 2.10. The normalized spacial score (nSPS) is 19.6. The number of ether oxygens (including phenoxy) is 2. The van der Waals surface area contributed by atoms with Crippen LogP contribution in [0.3, 0.4) is 0 Å². The molecule has 1 heterocycles. The van der Waals surface area contributed by atoms with Gasteiger partial charge in [0.15, 0.2) is 9.84 Å². The Kier molecular flexibility index (Phi) is 9.17. The molecule has 0 unspecified atom stereocenters. The van der Waals surface area contributed by atoms with Crippen LogP contribution in [-0.2, 0) is 41.2 Å². The molecule has 1 saturated heterocycles. The number of esters is 1. The lowest BCUT2D eigenvalue weighted by atomic mass is 10.1. The average molecular weight is 421 g/mol. The van der Waals surface area contributed by atoms with Crippen molar-refractivity contribution in [1.82, 2.24) is 10.6 Å². The number of carbonyl (C=O) groups excluding carboxylic acids is 2. The van der Waals surface area contributed by atoms with Crippen molar-refractivity contribution in [3.05, 3.63) is 35.4 Å². The summed E-state index contributed by atoms with van der Waals surface area (Å²) < 4.78 is 33.6. The number of sulfone groups is 1. The highest BCUT2D eigenvalue weighted by Gasteiger charge is 2.27. The van der Waals surface area contributed by atoms with E-state index >= 15 is 0 Å². The highest BCUT2D eigenvalue weighted by molar-refractivity contribution is 7.91. The molecule has 1 aromatic carbocycles.